The smallest absolute Gasteiger partial charge is 0.00156 e. The first-order valence-electron chi connectivity index (χ1n) is 7.18. The lowest BCUT2D eigenvalue weighted by Gasteiger charge is -2.42. The van der Waals surface area contributed by atoms with Crippen molar-refractivity contribution in [2.75, 3.05) is 19.6 Å². The third-order valence-electron chi connectivity index (χ3n) is 4.60. The molecule has 0 bridgehead atoms. The molecule has 1 aliphatic heterocycles. The molecular weight excluding hydrogens is 206 g/mol. The number of piperidine rings is 1. The Hall–Kier alpha value is -0.820. The fraction of sp³-hybridized carbons (Fsp3) is 0.625. The molecule has 1 aliphatic carbocycles. The van der Waals surface area contributed by atoms with E-state index in [-0.39, 0.29) is 0 Å². The maximum absolute atomic E-state index is 2.68. The second kappa shape index (κ2) is 4.81. The van der Waals surface area contributed by atoms with Gasteiger partial charge in [-0.2, -0.15) is 0 Å². The van der Waals surface area contributed by atoms with E-state index in [0.717, 1.165) is 11.8 Å². The van der Waals surface area contributed by atoms with Crippen LogP contribution in [0, 0.1) is 5.92 Å². The van der Waals surface area contributed by atoms with Gasteiger partial charge >= 0.3 is 0 Å². The zero-order valence-corrected chi connectivity index (χ0v) is 10.9. The van der Waals surface area contributed by atoms with Crippen LogP contribution >= 0.6 is 0 Å². The summed E-state index contributed by atoms with van der Waals surface area (Å²) in [5.74, 6) is 1.78. The van der Waals surface area contributed by atoms with Gasteiger partial charge < -0.3 is 4.90 Å². The Labute approximate surface area is 105 Å². The van der Waals surface area contributed by atoms with Crippen LogP contribution in [0.3, 0.4) is 0 Å². The molecular formula is C16H23N. The third-order valence-corrected chi connectivity index (χ3v) is 4.60. The van der Waals surface area contributed by atoms with Gasteiger partial charge in [-0.15, -0.1) is 0 Å². The van der Waals surface area contributed by atoms with Crippen molar-refractivity contribution in [3.8, 4) is 0 Å². The first-order valence-corrected chi connectivity index (χ1v) is 7.18. The Balaban J connectivity index is 1.78. The topological polar surface area (TPSA) is 3.24 Å². The summed E-state index contributed by atoms with van der Waals surface area (Å²) in [4.78, 5) is 2.68. The minimum atomic E-state index is 0.855. The van der Waals surface area contributed by atoms with E-state index in [0.29, 0.717) is 0 Å². The maximum Gasteiger partial charge on any atom is 0.00156 e. The molecule has 1 heterocycles. The van der Waals surface area contributed by atoms with Crippen LogP contribution in [0.15, 0.2) is 24.3 Å². The van der Waals surface area contributed by atoms with E-state index in [1.807, 2.05) is 0 Å². The monoisotopic (exact) mass is 229 g/mol. The molecule has 1 fully saturated rings. The van der Waals surface area contributed by atoms with Crippen molar-refractivity contribution < 1.29 is 0 Å². The Bertz CT molecular complexity index is 385. The summed E-state index contributed by atoms with van der Waals surface area (Å²) < 4.78 is 0. The number of hydrogen-bond acceptors (Lipinski definition) is 1. The summed E-state index contributed by atoms with van der Waals surface area (Å²) in [5, 5.41) is 0. The zero-order chi connectivity index (χ0) is 11.7. The molecule has 0 spiro atoms. The number of hydrogen-bond donors (Lipinski definition) is 0. The highest BCUT2D eigenvalue weighted by atomic mass is 15.1. The van der Waals surface area contributed by atoms with Crippen LogP contribution in [0.25, 0.3) is 0 Å². The first kappa shape index (κ1) is 11.3. The van der Waals surface area contributed by atoms with Gasteiger partial charge in [0.15, 0.2) is 0 Å². The molecule has 92 valence electrons. The summed E-state index contributed by atoms with van der Waals surface area (Å²) in [5.41, 5.74) is 3.29. The molecule has 1 nitrogen and oxygen atoms in total. The Kier molecular flexibility index (Phi) is 3.19. The van der Waals surface area contributed by atoms with E-state index in [4.69, 9.17) is 0 Å². The molecule has 2 aliphatic rings. The van der Waals surface area contributed by atoms with Gasteiger partial charge in [0.1, 0.15) is 0 Å². The van der Waals surface area contributed by atoms with E-state index in [1.165, 1.54) is 45.3 Å². The van der Waals surface area contributed by atoms with Crippen molar-refractivity contribution in [2.45, 2.75) is 38.5 Å². The lowest BCUT2D eigenvalue weighted by atomic mass is 9.71. The SMILES string of the molecule is CCCN1CCC2c3ccccc3CCC2C1. The first-order chi connectivity index (χ1) is 8.38. The van der Waals surface area contributed by atoms with Crippen LogP contribution in [-0.4, -0.2) is 24.5 Å². The van der Waals surface area contributed by atoms with Crippen molar-refractivity contribution in [1.29, 1.82) is 0 Å². The van der Waals surface area contributed by atoms with Crippen LogP contribution in [0.4, 0.5) is 0 Å². The van der Waals surface area contributed by atoms with Crippen molar-refractivity contribution in [1.82, 2.24) is 4.90 Å². The predicted molar refractivity (Wildman–Crippen MR) is 72.3 cm³/mol. The number of benzene rings is 1. The molecule has 3 rings (SSSR count). The molecule has 2 atom stereocenters. The van der Waals surface area contributed by atoms with Crippen molar-refractivity contribution in [2.24, 2.45) is 5.92 Å². The molecule has 2 unspecified atom stereocenters. The fourth-order valence-electron chi connectivity index (χ4n) is 3.79. The molecule has 0 N–H and O–H groups in total. The largest absolute Gasteiger partial charge is 0.303 e. The van der Waals surface area contributed by atoms with Gasteiger partial charge in [0.05, 0.1) is 0 Å². The highest BCUT2D eigenvalue weighted by Gasteiger charge is 2.33. The molecule has 1 heteroatoms. The van der Waals surface area contributed by atoms with Gasteiger partial charge in [-0.3, -0.25) is 0 Å². The second-order valence-corrected chi connectivity index (χ2v) is 5.69. The summed E-state index contributed by atoms with van der Waals surface area (Å²) in [6.45, 7) is 6.24. The minimum absolute atomic E-state index is 0.855. The molecule has 17 heavy (non-hydrogen) atoms. The van der Waals surface area contributed by atoms with E-state index in [2.05, 4.69) is 36.1 Å². The summed E-state index contributed by atoms with van der Waals surface area (Å²) in [6, 6.07) is 9.14. The van der Waals surface area contributed by atoms with Crippen LogP contribution in [0.1, 0.15) is 43.2 Å². The summed E-state index contributed by atoms with van der Waals surface area (Å²) in [7, 11) is 0. The molecule has 0 saturated carbocycles. The van der Waals surface area contributed by atoms with Crippen molar-refractivity contribution >= 4 is 0 Å². The number of rotatable bonds is 2. The normalized spacial score (nSPS) is 28.5. The Morgan fingerprint density at radius 2 is 2.12 bits per heavy atom. The molecule has 0 aromatic heterocycles. The molecule has 1 aromatic carbocycles. The summed E-state index contributed by atoms with van der Waals surface area (Å²) in [6.07, 6.45) is 5.38. The van der Waals surface area contributed by atoms with Gasteiger partial charge in [0.25, 0.3) is 0 Å². The molecule has 0 amide bonds. The average molecular weight is 229 g/mol. The quantitative estimate of drug-likeness (QED) is 0.751. The maximum atomic E-state index is 2.68. The van der Waals surface area contributed by atoms with Gasteiger partial charge in [-0.05, 0) is 61.7 Å². The van der Waals surface area contributed by atoms with Gasteiger partial charge in [0.2, 0.25) is 0 Å². The average Bonchev–Trinajstić information content (AvgIpc) is 2.39. The Morgan fingerprint density at radius 3 is 3.00 bits per heavy atom. The van der Waals surface area contributed by atoms with Crippen LogP contribution < -0.4 is 0 Å². The van der Waals surface area contributed by atoms with Gasteiger partial charge in [-0.1, -0.05) is 31.2 Å². The van der Waals surface area contributed by atoms with Crippen LogP contribution in [0.2, 0.25) is 0 Å². The minimum Gasteiger partial charge on any atom is -0.303 e. The van der Waals surface area contributed by atoms with E-state index >= 15 is 0 Å². The van der Waals surface area contributed by atoms with Gasteiger partial charge in [0, 0.05) is 6.54 Å². The lowest BCUT2D eigenvalue weighted by Crippen LogP contribution is -2.41. The van der Waals surface area contributed by atoms with E-state index < -0.39 is 0 Å². The molecule has 0 radical (unpaired) electrons. The standard InChI is InChI=1S/C16H23N/c1-2-10-17-11-9-16-14(12-17)8-7-13-5-3-4-6-15(13)16/h3-6,14,16H,2,7-12H2,1H3. The molecule has 1 aromatic rings. The predicted octanol–water partition coefficient (Wildman–Crippen LogP) is 3.45. The van der Waals surface area contributed by atoms with Crippen LogP contribution in [-0.2, 0) is 6.42 Å². The molecule has 1 saturated heterocycles. The number of nitrogens with zero attached hydrogens (tertiary/aromatic N) is 1. The Morgan fingerprint density at radius 1 is 1.24 bits per heavy atom. The number of fused-ring (bicyclic) bond motifs is 3. The highest BCUT2D eigenvalue weighted by Crippen LogP contribution is 2.41. The third kappa shape index (κ3) is 2.13. The van der Waals surface area contributed by atoms with Crippen molar-refractivity contribution in [3.63, 3.8) is 0 Å². The van der Waals surface area contributed by atoms with E-state index in [1.54, 1.807) is 11.1 Å². The van der Waals surface area contributed by atoms with Crippen LogP contribution in [0.5, 0.6) is 0 Å². The zero-order valence-electron chi connectivity index (χ0n) is 10.9. The number of aryl methyl sites for hydroxylation is 1. The highest BCUT2D eigenvalue weighted by molar-refractivity contribution is 5.34. The summed E-state index contributed by atoms with van der Waals surface area (Å²) >= 11 is 0. The number of likely N-dealkylation sites (tertiary alicyclic amines) is 1. The van der Waals surface area contributed by atoms with Gasteiger partial charge in [-0.25, -0.2) is 0 Å². The second-order valence-electron chi connectivity index (χ2n) is 5.69. The fourth-order valence-corrected chi connectivity index (χ4v) is 3.79. The van der Waals surface area contributed by atoms with E-state index in [9.17, 15) is 0 Å². The van der Waals surface area contributed by atoms with Crippen molar-refractivity contribution in [3.05, 3.63) is 35.4 Å². The lowest BCUT2D eigenvalue weighted by molar-refractivity contribution is 0.141.